The van der Waals surface area contributed by atoms with Crippen LogP contribution in [0.25, 0.3) is 11.1 Å². The predicted octanol–water partition coefficient (Wildman–Crippen LogP) is 1.90. The third-order valence-corrected chi connectivity index (χ3v) is 10.8. The molecule has 1 heterocycles. The molecule has 0 saturated heterocycles. The first-order valence-electron chi connectivity index (χ1n) is 23.7. The van der Waals surface area contributed by atoms with Crippen molar-refractivity contribution >= 4 is 5.97 Å². The molecular formula is C48H77N3O17. The van der Waals surface area contributed by atoms with Crippen LogP contribution in [0.2, 0.25) is 0 Å². The lowest BCUT2D eigenvalue weighted by Gasteiger charge is -2.25. The van der Waals surface area contributed by atoms with E-state index >= 15 is 0 Å². The van der Waals surface area contributed by atoms with Crippen LogP contribution in [0.15, 0.2) is 54.7 Å². The molecule has 0 aliphatic carbocycles. The molecule has 0 amide bonds. The van der Waals surface area contributed by atoms with Crippen molar-refractivity contribution in [1.29, 1.82) is 0 Å². The fourth-order valence-electron chi connectivity index (χ4n) is 6.96. The number of carbonyl (C=O) groups is 1. The second-order valence-electron chi connectivity index (χ2n) is 16.8. The van der Waals surface area contributed by atoms with Crippen molar-refractivity contribution < 1.29 is 83.9 Å². The minimum atomic E-state index is -1.13. The number of carboxylic acid groups (broad SMARTS) is 1. The zero-order valence-corrected chi connectivity index (χ0v) is 39.4. The summed E-state index contributed by atoms with van der Waals surface area (Å²) in [6.45, 7) is -1.33. The SMILES string of the molecule is CCCCCCCCCCC(c1cc(C(=O)O)ccc1-c1ccccc1)n1cc(COC(COC(COCC(O)CO)COCC(O)CO)COC(COCC(O)CO)COCC(O)CO)nn1. The second-order valence-corrected chi connectivity index (χ2v) is 16.8. The van der Waals surface area contributed by atoms with E-state index < -0.39 is 75.1 Å². The zero-order valence-electron chi connectivity index (χ0n) is 39.4. The van der Waals surface area contributed by atoms with Crippen LogP contribution in [0, 0.1) is 0 Å². The first-order valence-corrected chi connectivity index (χ1v) is 23.7. The molecule has 20 heteroatoms. The minimum absolute atomic E-state index is 0.0747. The second kappa shape index (κ2) is 35.5. The van der Waals surface area contributed by atoms with Gasteiger partial charge in [-0.2, -0.15) is 0 Å². The van der Waals surface area contributed by atoms with E-state index in [1.165, 1.54) is 25.7 Å². The van der Waals surface area contributed by atoms with E-state index in [1.807, 2.05) is 36.4 Å². The Morgan fingerprint density at radius 1 is 0.588 bits per heavy atom. The molecule has 1 aromatic heterocycles. The van der Waals surface area contributed by atoms with E-state index in [9.17, 15) is 50.8 Å². The lowest BCUT2D eigenvalue weighted by atomic mass is 9.90. The molecule has 0 radical (unpaired) electrons. The van der Waals surface area contributed by atoms with Crippen LogP contribution in [0.3, 0.4) is 0 Å². The highest BCUT2D eigenvalue weighted by Gasteiger charge is 2.24. The summed E-state index contributed by atoms with van der Waals surface area (Å²) in [5.74, 6) is -1.04. The summed E-state index contributed by atoms with van der Waals surface area (Å²) in [6, 6.07) is 14.5. The molecule has 0 spiro atoms. The van der Waals surface area contributed by atoms with Crippen LogP contribution in [-0.2, 0) is 39.8 Å². The van der Waals surface area contributed by atoms with Gasteiger partial charge in [0, 0.05) is 0 Å². The number of nitrogens with zero attached hydrogens (tertiary/aromatic N) is 3. The smallest absolute Gasteiger partial charge is 0.335 e. The largest absolute Gasteiger partial charge is 0.478 e. The molecule has 3 aromatic rings. The van der Waals surface area contributed by atoms with Gasteiger partial charge in [0.15, 0.2) is 0 Å². The number of aliphatic hydroxyl groups excluding tert-OH is 8. The van der Waals surface area contributed by atoms with Crippen molar-refractivity contribution in [3.8, 4) is 11.1 Å². The Bertz CT molecular complexity index is 1650. The molecule has 0 saturated carbocycles. The number of hydrogen-bond donors (Lipinski definition) is 9. The van der Waals surface area contributed by atoms with Crippen LogP contribution in [0.5, 0.6) is 0 Å². The molecule has 5 atom stereocenters. The maximum absolute atomic E-state index is 12.3. The molecule has 5 unspecified atom stereocenters. The van der Waals surface area contributed by atoms with E-state index in [1.54, 1.807) is 23.0 Å². The van der Waals surface area contributed by atoms with Gasteiger partial charge in [-0.3, -0.25) is 0 Å². The molecule has 9 N–H and O–H groups in total. The normalized spacial score (nSPS) is 15.4. The lowest BCUT2D eigenvalue weighted by molar-refractivity contribution is -0.141. The van der Waals surface area contributed by atoms with E-state index in [4.69, 9.17) is 33.2 Å². The Morgan fingerprint density at radius 3 is 1.53 bits per heavy atom. The summed E-state index contributed by atoms with van der Waals surface area (Å²) in [7, 11) is 0. The lowest BCUT2D eigenvalue weighted by Crippen LogP contribution is -2.37. The third-order valence-electron chi connectivity index (χ3n) is 10.8. The van der Waals surface area contributed by atoms with Gasteiger partial charge in [0.1, 0.15) is 48.4 Å². The molecule has 386 valence electrons. The number of benzene rings is 2. The standard InChI is InChI=1S/C48H77N3O17/c1-2-3-4-5-6-7-8-12-15-47(46-18-36(48(60)61)16-17-45(46)35-13-10-9-11-14-35)51-19-37(49-50-51)24-66-44(33-67-42(29-62-25-38(56)20-52)30-63-26-39(57)21-53)34-68-43(31-64-27-40(58)22-54)32-65-28-41(59)23-55/h9-11,13-14,16-19,38-44,47,52-59H,2-8,12,15,20-34H2,1H3,(H,60,61). The van der Waals surface area contributed by atoms with Crippen LogP contribution in [0.1, 0.15) is 92.4 Å². The predicted molar refractivity (Wildman–Crippen MR) is 248 cm³/mol. The average molecular weight is 968 g/mol. The van der Waals surface area contributed by atoms with Gasteiger partial charge in [-0.1, -0.05) is 99.9 Å². The molecule has 0 aliphatic rings. The van der Waals surface area contributed by atoms with Gasteiger partial charge < -0.3 is 79.1 Å². The van der Waals surface area contributed by atoms with Crippen molar-refractivity contribution in [3.05, 3.63) is 71.5 Å². The molecule has 0 fully saturated rings. The quantitative estimate of drug-likeness (QED) is 0.0366. The number of unbranched alkanes of at least 4 members (excludes halogenated alkanes) is 7. The van der Waals surface area contributed by atoms with Crippen LogP contribution in [-0.4, -0.2) is 202 Å². The van der Waals surface area contributed by atoms with Crippen LogP contribution < -0.4 is 0 Å². The highest BCUT2D eigenvalue weighted by atomic mass is 16.6. The van der Waals surface area contributed by atoms with Crippen molar-refractivity contribution in [3.63, 3.8) is 0 Å². The highest BCUT2D eigenvalue weighted by molar-refractivity contribution is 5.89. The van der Waals surface area contributed by atoms with Gasteiger partial charge in [-0.05, 0) is 35.2 Å². The summed E-state index contributed by atoms with van der Waals surface area (Å²) < 4.78 is 42.7. The number of hydrogen-bond acceptors (Lipinski definition) is 18. The Labute approximate surface area is 399 Å². The molecule has 2 aromatic carbocycles. The van der Waals surface area contributed by atoms with Gasteiger partial charge in [-0.25, -0.2) is 9.48 Å². The first-order chi connectivity index (χ1) is 33.0. The van der Waals surface area contributed by atoms with Gasteiger partial charge in [0.2, 0.25) is 0 Å². The number of rotatable bonds is 42. The topological polar surface area (TPSA) is 294 Å². The van der Waals surface area contributed by atoms with Crippen LogP contribution >= 0.6 is 0 Å². The Hall–Kier alpha value is -3.55. The Balaban J connectivity index is 1.90. The molecule has 0 bridgehead atoms. The number of aromatic carboxylic acids is 1. The van der Waals surface area contributed by atoms with Crippen molar-refractivity contribution in [1.82, 2.24) is 15.0 Å². The molecule has 3 rings (SSSR count). The molecule has 0 aliphatic heterocycles. The first kappa shape index (κ1) is 58.8. The van der Waals surface area contributed by atoms with Gasteiger partial charge in [0.25, 0.3) is 0 Å². The zero-order chi connectivity index (χ0) is 49.4. The summed E-state index contributed by atoms with van der Waals surface area (Å²) >= 11 is 0. The van der Waals surface area contributed by atoms with Crippen molar-refractivity contribution in [2.75, 3.05) is 92.5 Å². The van der Waals surface area contributed by atoms with Crippen molar-refractivity contribution in [2.45, 2.75) is 120 Å². The Kier molecular flexibility index (Phi) is 30.7. The summed E-state index contributed by atoms with van der Waals surface area (Å²) in [5.41, 5.74) is 3.20. The maximum atomic E-state index is 12.3. The molecule has 68 heavy (non-hydrogen) atoms. The number of ether oxygens (including phenoxy) is 7. The van der Waals surface area contributed by atoms with E-state index in [-0.39, 0.29) is 84.3 Å². The monoisotopic (exact) mass is 968 g/mol. The van der Waals surface area contributed by atoms with Gasteiger partial charge in [0.05, 0.1) is 117 Å². The fraction of sp³-hybridized carbons (Fsp3) is 0.688. The number of aliphatic hydroxyl groups is 8. The summed E-state index contributed by atoms with van der Waals surface area (Å²) in [6.07, 6.45) is 4.44. The minimum Gasteiger partial charge on any atom is -0.478 e. The number of carboxylic acids is 1. The van der Waals surface area contributed by atoms with Crippen LogP contribution in [0.4, 0.5) is 0 Å². The third kappa shape index (κ3) is 23.8. The summed E-state index contributed by atoms with van der Waals surface area (Å²) in [5, 5.41) is 95.4. The highest BCUT2D eigenvalue weighted by Crippen LogP contribution is 2.34. The Morgan fingerprint density at radius 2 is 1.06 bits per heavy atom. The van der Waals surface area contributed by atoms with Gasteiger partial charge in [-0.15, -0.1) is 5.10 Å². The number of aromatic nitrogens is 3. The average Bonchev–Trinajstić information content (AvgIpc) is 3.83. The van der Waals surface area contributed by atoms with E-state index in [2.05, 4.69) is 17.2 Å². The van der Waals surface area contributed by atoms with Gasteiger partial charge >= 0.3 is 5.97 Å². The molecular weight excluding hydrogens is 891 g/mol. The van der Waals surface area contributed by atoms with E-state index in [0.29, 0.717) is 12.1 Å². The summed E-state index contributed by atoms with van der Waals surface area (Å²) in [4.78, 5) is 12.3. The fourth-order valence-corrected chi connectivity index (χ4v) is 6.96. The molecule has 20 nitrogen and oxygen atoms in total. The maximum Gasteiger partial charge on any atom is 0.335 e. The van der Waals surface area contributed by atoms with E-state index in [0.717, 1.165) is 42.4 Å². The van der Waals surface area contributed by atoms with Crippen molar-refractivity contribution in [2.24, 2.45) is 0 Å².